The van der Waals surface area contributed by atoms with Crippen LogP contribution in [0, 0.1) is 34.9 Å². The standard InChI is InChI=1S/C42H54F3N3O9S/c1-7-25-16-24(2)10-8-9-11-26-20-42(26,39(52)47-58(53,54)29-13-14-29)21-34(49)33-18-28(56-37-32-17-27(43)12-15-30(32)35(55-6)22-46-37)23-48(33)38(51)31(25)19-36(50)57-40(3,4)41(5,44)45/h9,11-12,15,17,22,24-26,28-29,31,33H,7-8,10,13-14,16,18-21,23H2,1-6H3,(H,47,52)/b11-9-/t24-,25+,26+,28+,31-,33-,42+/m0/s1. The number of carbonyl (C=O) groups excluding carboxylic acids is 4. The first kappa shape index (κ1) is 43.4. The molecule has 0 radical (unpaired) electrons. The largest absolute Gasteiger partial charge is 0.494 e. The lowest BCUT2D eigenvalue weighted by molar-refractivity contribution is -0.197. The summed E-state index contributed by atoms with van der Waals surface area (Å²) < 4.78 is 88.7. The lowest BCUT2D eigenvalue weighted by Gasteiger charge is -2.35. The molecule has 1 aromatic heterocycles. The molecule has 1 saturated heterocycles. The van der Waals surface area contributed by atoms with Crippen LogP contribution in [0.4, 0.5) is 13.2 Å². The molecule has 1 N–H and O–H groups in total. The molecule has 2 amide bonds. The predicted molar refractivity (Wildman–Crippen MR) is 208 cm³/mol. The van der Waals surface area contributed by atoms with E-state index in [1.54, 1.807) is 0 Å². The number of benzene rings is 1. The number of hydrogen-bond acceptors (Lipinski definition) is 10. The van der Waals surface area contributed by atoms with Crippen molar-refractivity contribution in [1.29, 1.82) is 0 Å². The van der Waals surface area contributed by atoms with Crippen molar-refractivity contribution in [2.24, 2.45) is 29.1 Å². The topological polar surface area (TPSA) is 158 Å². The van der Waals surface area contributed by atoms with E-state index in [-0.39, 0.29) is 43.0 Å². The second-order valence-electron chi connectivity index (χ2n) is 17.3. The van der Waals surface area contributed by atoms with Gasteiger partial charge in [-0.05, 0) is 88.3 Å². The number of nitrogens with one attached hydrogen (secondary N) is 1. The summed E-state index contributed by atoms with van der Waals surface area (Å²) in [6.45, 7) is 6.59. The number of ketones is 1. The van der Waals surface area contributed by atoms with Gasteiger partial charge in [0.2, 0.25) is 27.7 Å². The minimum Gasteiger partial charge on any atom is -0.494 e. The van der Waals surface area contributed by atoms with E-state index in [2.05, 4.69) is 9.71 Å². The number of esters is 1. The third-order valence-corrected chi connectivity index (χ3v) is 14.4. The number of methoxy groups -OCH3 is 1. The monoisotopic (exact) mass is 833 g/mol. The second kappa shape index (κ2) is 16.4. The summed E-state index contributed by atoms with van der Waals surface area (Å²) in [7, 11) is -2.49. The fourth-order valence-electron chi connectivity index (χ4n) is 8.42. The summed E-state index contributed by atoms with van der Waals surface area (Å²) in [5.74, 6) is -8.22. The third-order valence-electron chi connectivity index (χ3n) is 12.6. The molecule has 1 aromatic carbocycles. The average Bonchev–Trinajstić information content (AvgIpc) is 4.07. The maximum Gasteiger partial charge on any atom is 0.307 e. The Balaban J connectivity index is 1.38. The molecule has 318 valence electrons. The SMILES string of the molecule is CC[C@@H]1C[C@@H](C)CC/C=C\[C@@H]2C[C@@]2(C(=O)NS(=O)(=O)C2CC2)CC(=O)[C@@H]2C[C@@H](Oc3ncc(OC)c4ccc(F)cc34)CN2C(=O)[C@H]1CC(=O)OC(C)(C)C(C)(F)F. The van der Waals surface area contributed by atoms with Crippen LogP contribution in [0.3, 0.4) is 0 Å². The van der Waals surface area contributed by atoms with Gasteiger partial charge in [0.1, 0.15) is 17.7 Å². The quantitative estimate of drug-likeness (QED) is 0.191. The van der Waals surface area contributed by atoms with Gasteiger partial charge in [0.15, 0.2) is 11.4 Å². The van der Waals surface area contributed by atoms with Crippen LogP contribution in [0.5, 0.6) is 11.6 Å². The Morgan fingerprint density at radius 1 is 1.09 bits per heavy atom. The van der Waals surface area contributed by atoms with Crippen LogP contribution in [0.1, 0.15) is 98.8 Å². The Morgan fingerprint density at radius 2 is 1.81 bits per heavy atom. The van der Waals surface area contributed by atoms with Gasteiger partial charge in [-0.3, -0.25) is 23.9 Å². The number of amides is 2. The number of pyridine rings is 1. The summed E-state index contributed by atoms with van der Waals surface area (Å²) in [4.78, 5) is 62.7. The van der Waals surface area contributed by atoms with Crippen LogP contribution in [0.2, 0.25) is 0 Å². The zero-order valence-corrected chi connectivity index (χ0v) is 34.7. The van der Waals surface area contributed by atoms with Crippen molar-refractivity contribution in [3.05, 3.63) is 42.4 Å². The first-order valence-electron chi connectivity index (χ1n) is 20.1. The third kappa shape index (κ3) is 9.16. The van der Waals surface area contributed by atoms with E-state index in [0.29, 0.717) is 56.6 Å². The van der Waals surface area contributed by atoms with Gasteiger partial charge < -0.3 is 19.1 Å². The van der Waals surface area contributed by atoms with Crippen LogP contribution in [-0.2, 0) is 33.9 Å². The lowest BCUT2D eigenvalue weighted by Crippen LogP contribution is -2.48. The van der Waals surface area contributed by atoms with Crippen LogP contribution in [0.25, 0.3) is 10.8 Å². The Morgan fingerprint density at radius 3 is 2.47 bits per heavy atom. The number of sulfonamides is 1. The van der Waals surface area contributed by atoms with Gasteiger partial charge in [-0.2, -0.15) is 0 Å². The number of rotatable bonds is 11. The number of Topliss-reactive ketones (excluding diaryl/α,β-unsaturated/α-hetero) is 1. The molecule has 7 atom stereocenters. The minimum absolute atomic E-state index is 0.0274. The molecule has 2 aliphatic carbocycles. The van der Waals surface area contributed by atoms with Crippen molar-refractivity contribution < 1.29 is 55.0 Å². The van der Waals surface area contributed by atoms with E-state index in [0.717, 1.165) is 13.8 Å². The summed E-state index contributed by atoms with van der Waals surface area (Å²) >= 11 is 0. The summed E-state index contributed by atoms with van der Waals surface area (Å²) in [5.41, 5.74) is -3.54. The number of allylic oxidation sites excluding steroid dienone is 2. The van der Waals surface area contributed by atoms with Gasteiger partial charge >= 0.3 is 5.97 Å². The molecule has 2 aliphatic heterocycles. The molecule has 4 aliphatic rings. The molecule has 0 unspecified atom stereocenters. The number of aromatic nitrogens is 1. The molecular weight excluding hydrogens is 780 g/mol. The van der Waals surface area contributed by atoms with Crippen molar-refractivity contribution in [2.45, 2.75) is 128 Å². The Labute approximate surface area is 337 Å². The molecule has 3 heterocycles. The first-order chi connectivity index (χ1) is 27.2. The van der Waals surface area contributed by atoms with Gasteiger partial charge in [0.25, 0.3) is 5.92 Å². The first-order valence-corrected chi connectivity index (χ1v) is 21.7. The maximum absolute atomic E-state index is 15.0. The number of hydrogen-bond donors (Lipinski definition) is 1. The highest BCUT2D eigenvalue weighted by atomic mass is 32.2. The van der Waals surface area contributed by atoms with Crippen molar-refractivity contribution >= 4 is 44.4 Å². The predicted octanol–water partition coefficient (Wildman–Crippen LogP) is 6.69. The second-order valence-corrected chi connectivity index (χ2v) is 19.2. The van der Waals surface area contributed by atoms with Crippen LogP contribution in [0.15, 0.2) is 36.5 Å². The Bertz CT molecular complexity index is 2070. The van der Waals surface area contributed by atoms with Gasteiger partial charge in [0.05, 0.1) is 54.3 Å². The summed E-state index contributed by atoms with van der Waals surface area (Å²) in [5, 5.41) is 0.133. The van der Waals surface area contributed by atoms with E-state index in [1.165, 1.54) is 36.4 Å². The molecule has 0 bridgehead atoms. The Kier molecular flexibility index (Phi) is 12.3. The molecule has 6 rings (SSSR count). The van der Waals surface area contributed by atoms with Crippen molar-refractivity contribution in [2.75, 3.05) is 13.7 Å². The highest BCUT2D eigenvalue weighted by Gasteiger charge is 2.62. The van der Waals surface area contributed by atoms with Gasteiger partial charge in [-0.15, -0.1) is 0 Å². The fourth-order valence-corrected chi connectivity index (χ4v) is 9.80. The molecule has 3 fully saturated rings. The molecule has 2 aromatic rings. The molecule has 58 heavy (non-hydrogen) atoms. The number of fused-ring (bicyclic) bond motifs is 3. The number of nitrogens with zero attached hydrogens (tertiary/aromatic N) is 2. The van der Waals surface area contributed by atoms with E-state index in [4.69, 9.17) is 14.2 Å². The van der Waals surface area contributed by atoms with E-state index in [9.17, 15) is 36.0 Å². The van der Waals surface area contributed by atoms with Crippen LogP contribution >= 0.6 is 0 Å². The Hall–Kier alpha value is -4.21. The summed E-state index contributed by atoms with van der Waals surface area (Å²) in [6.07, 6.45) is 6.77. The highest BCUT2D eigenvalue weighted by Crippen LogP contribution is 2.57. The van der Waals surface area contributed by atoms with Crippen molar-refractivity contribution in [3.63, 3.8) is 0 Å². The van der Waals surface area contributed by atoms with E-state index in [1.807, 2.05) is 26.0 Å². The van der Waals surface area contributed by atoms with E-state index < -0.39 is 97.9 Å². The number of alkyl halides is 2. The highest BCUT2D eigenvalue weighted by molar-refractivity contribution is 7.90. The van der Waals surface area contributed by atoms with Gasteiger partial charge in [-0.25, -0.2) is 26.6 Å². The normalized spacial score (nSPS) is 29.1. The molecule has 2 saturated carbocycles. The van der Waals surface area contributed by atoms with Crippen LogP contribution in [-0.4, -0.2) is 84.4 Å². The van der Waals surface area contributed by atoms with Crippen molar-refractivity contribution in [3.8, 4) is 11.6 Å². The molecule has 0 spiro atoms. The zero-order valence-electron chi connectivity index (χ0n) is 33.9. The molecule has 12 nitrogen and oxygen atoms in total. The summed E-state index contributed by atoms with van der Waals surface area (Å²) in [6, 6.07) is 2.84. The molecular formula is C42H54F3N3O9S. The van der Waals surface area contributed by atoms with Gasteiger partial charge in [-0.1, -0.05) is 32.4 Å². The van der Waals surface area contributed by atoms with Crippen molar-refractivity contribution in [1.82, 2.24) is 14.6 Å². The number of ether oxygens (including phenoxy) is 3. The zero-order chi connectivity index (χ0) is 42.4. The fraction of sp³-hybridized carbons (Fsp3) is 0.643. The average molecular weight is 834 g/mol. The smallest absolute Gasteiger partial charge is 0.307 e. The van der Waals surface area contributed by atoms with Gasteiger partial charge in [0, 0.05) is 25.2 Å². The molecule has 16 heteroatoms. The maximum atomic E-state index is 15.0. The lowest BCUT2D eigenvalue weighted by atomic mass is 9.79. The number of halogens is 3. The minimum atomic E-state index is -3.94. The van der Waals surface area contributed by atoms with E-state index >= 15 is 4.79 Å². The van der Waals surface area contributed by atoms with Crippen LogP contribution < -0.4 is 14.2 Å². The number of carbonyl (C=O) groups is 4.